The molecule has 1 aliphatic heterocycles. The summed E-state index contributed by atoms with van der Waals surface area (Å²) in [6.45, 7) is 3.87. The summed E-state index contributed by atoms with van der Waals surface area (Å²) in [6.07, 6.45) is 0.758. The van der Waals surface area contributed by atoms with Gasteiger partial charge in [0.1, 0.15) is 5.82 Å². The van der Waals surface area contributed by atoms with Crippen molar-refractivity contribution in [1.82, 2.24) is 4.90 Å². The van der Waals surface area contributed by atoms with Gasteiger partial charge in [-0.15, -0.1) is 0 Å². The zero-order valence-electron chi connectivity index (χ0n) is 12.8. The highest BCUT2D eigenvalue weighted by Gasteiger charge is 2.49. The van der Waals surface area contributed by atoms with Crippen LogP contribution in [0.25, 0.3) is 0 Å². The molecule has 1 saturated heterocycles. The van der Waals surface area contributed by atoms with Gasteiger partial charge in [-0.25, -0.2) is 12.8 Å². The first-order valence-corrected chi connectivity index (χ1v) is 9.13. The number of hydrogen-bond acceptors (Lipinski definition) is 3. The third kappa shape index (κ3) is 2.64. The lowest BCUT2D eigenvalue weighted by Crippen LogP contribution is -2.55. The van der Waals surface area contributed by atoms with E-state index in [1.807, 2.05) is 0 Å². The average molecular weight is 325 g/mol. The van der Waals surface area contributed by atoms with Crippen LogP contribution in [0, 0.1) is 11.7 Å². The molecule has 22 heavy (non-hydrogen) atoms. The number of benzene rings is 1. The summed E-state index contributed by atoms with van der Waals surface area (Å²) in [5, 5.41) is 0. The Balaban J connectivity index is 1.68. The number of rotatable bonds is 2. The fourth-order valence-electron chi connectivity index (χ4n) is 3.11. The lowest BCUT2D eigenvalue weighted by atomic mass is 10.1. The molecule has 2 atom stereocenters. The van der Waals surface area contributed by atoms with Crippen molar-refractivity contribution in [2.45, 2.75) is 30.9 Å². The van der Waals surface area contributed by atoms with Crippen LogP contribution in [0.5, 0.6) is 0 Å². The summed E-state index contributed by atoms with van der Waals surface area (Å²) in [5.41, 5.74) is 0.976. The number of hydrogen-bond donors (Lipinski definition) is 0. The van der Waals surface area contributed by atoms with E-state index in [4.69, 9.17) is 0 Å². The molecule has 0 bridgehead atoms. The Hall–Kier alpha value is -1.43. The van der Waals surface area contributed by atoms with E-state index in [2.05, 4.69) is 0 Å². The normalized spacial score (nSPS) is 29.1. The number of halogens is 1. The lowest BCUT2D eigenvalue weighted by Gasteiger charge is -2.37. The van der Waals surface area contributed by atoms with Crippen molar-refractivity contribution in [2.24, 2.45) is 5.92 Å². The summed E-state index contributed by atoms with van der Waals surface area (Å²) in [4.78, 5) is 14.2. The number of nitrogens with zero attached hydrogens (tertiary/aromatic N) is 1. The van der Waals surface area contributed by atoms with Gasteiger partial charge in [-0.05, 0) is 43.9 Å². The van der Waals surface area contributed by atoms with E-state index in [0.717, 1.165) is 12.0 Å². The van der Waals surface area contributed by atoms with Crippen molar-refractivity contribution in [3.05, 3.63) is 35.6 Å². The molecule has 0 aromatic heterocycles. The zero-order valence-corrected chi connectivity index (χ0v) is 13.6. The van der Waals surface area contributed by atoms with Crippen LogP contribution in [0.15, 0.2) is 24.3 Å². The van der Waals surface area contributed by atoms with Crippen molar-refractivity contribution in [3.63, 3.8) is 0 Å². The quantitative estimate of drug-likeness (QED) is 0.835. The molecule has 2 unspecified atom stereocenters. The van der Waals surface area contributed by atoms with E-state index in [1.165, 1.54) is 12.1 Å². The van der Waals surface area contributed by atoms with Crippen LogP contribution in [0.2, 0.25) is 0 Å². The summed E-state index contributed by atoms with van der Waals surface area (Å²) in [7, 11) is -3.14. The summed E-state index contributed by atoms with van der Waals surface area (Å²) in [5.74, 6) is -0.191. The number of carbonyl (C=O) groups is 1. The van der Waals surface area contributed by atoms with Gasteiger partial charge in [0.2, 0.25) is 5.91 Å². The summed E-state index contributed by atoms with van der Waals surface area (Å²) < 4.78 is 36.1. The van der Waals surface area contributed by atoms with Crippen molar-refractivity contribution in [1.29, 1.82) is 0 Å². The third-order valence-electron chi connectivity index (χ3n) is 4.76. The Labute approximate surface area is 130 Å². The third-order valence-corrected chi connectivity index (χ3v) is 7.29. The van der Waals surface area contributed by atoms with Gasteiger partial charge < -0.3 is 4.90 Å². The van der Waals surface area contributed by atoms with Crippen molar-refractivity contribution >= 4 is 15.7 Å². The SMILES string of the molecule is CC1(C)CN(C(=O)C2CC2c2ccc(F)cc2)CCS1(=O)=O. The Morgan fingerprint density at radius 2 is 1.91 bits per heavy atom. The molecule has 1 heterocycles. The van der Waals surface area contributed by atoms with Crippen molar-refractivity contribution in [3.8, 4) is 0 Å². The second-order valence-corrected chi connectivity index (χ2v) is 9.58. The Kier molecular flexibility index (Phi) is 3.55. The molecule has 6 heteroatoms. The van der Waals surface area contributed by atoms with E-state index in [1.54, 1.807) is 30.9 Å². The van der Waals surface area contributed by atoms with Gasteiger partial charge in [0.25, 0.3) is 0 Å². The highest BCUT2D eigenvalue weighted by Crippen LogP contribution is 2.48. The standard InChI is InChI=1S/C16H20FNO3S/c1-16(2)10-18(7-8-22(16,20)21)15(19)14-9-13(14)11-3-5-12(17)6-4-11/h3-6,13-14H,7-10H2,1-2H3. The molecule has 1 amide bonds. The van der Waals surface area contributed by atoms with Crippen LogP contribution in [0.1, 0.15) is 31.7 Å². The molecule has 2 fully saturated rings. The summed E-state index contributed by atoms with van der Waals surface area (Å²) in [6, 6.07) is 6.26. The van der Waals surface area contributed by atoms with E-state index < -0.39 is 14.6 Å². The van der Waals surface area contributed by atoms with E-state index in [-0.39, 0.29) is 42.4 Å². The number of carbonyl (C=O) groups excluding carboxylic acids is 1. The monoisotopic (exact) mass is 325 g/mol. The van der Waals surface area contributed by atoms with Crippen LogP contribution >= 0.6 is 0 Å². The molecule has 0 spiro atoms. The van der Waals surface area contributed by atoms with E-state index >= 15 is 0 Å². The molecule has 120 valence electrons. The topological polar surface area (TPSA) is 54.5 Å². The van der Waals surface area contributed by atoms with Crippen LogP contribution in [-0.2, 0) is 14.6 Å². The maximum atomic E-state index is 12.9. The molecular formula is C16H20FNO3S. The van der Waals surface area contributed by atoms with Crippen LogP contribution in [-0.4, -0.2) is 42.8 Å². The zero-order chi connectivity index (χ0) is 16.1. The first-order chi connectivity index (χ1) is 10.2. The molecule has 1 aromatic carbocycles. The van der Waals surface area contributed by atoms with Crippen LogP contribution in [0.4, 0.5) is 4.39 Å². The Morgan fingerprint density at radius 1 is 1.27 bits per heavy atom. The minimum atomic E-state index is -3.14. The number of sulfone groups is 1. The molecule has 1 saturated carbocycles. The maximum absolute atomic E-state index is 12.9. The van der Waals surface area contributed by atoms with Gasteiger partial charge in [-0.2, -0.15) is 0 Å². The van der Waals surface area contributed by atoms with Gasteiger partial charge in [0.05, 0.1) is 10.5 Å². The van der Waals surface area contributed by atoms with Gasteiger partial charge in [0.15, 0.2) is 9.84 Å². The van der Waals surface area contributed by atoms with Gasteiger partial charge in [-0.1, -0.05) is 12.1 Å². The van der Waals surface area contributed by atoms with Crippen molar-refractivity contribution in [2.75, 3.05) is 18.8 Å². The molecular weight excluding hydrogens is 305 g/mol. The first-order valence-electron chi connectivity index (χ1n) is 7.48. The second kappa shape index (κ2) is 5.05. The largest absolute Gasteiger partial charge is 0.340 e. The van der Waals surface area contributed by atoms with E-state index in [9.17, 15) is 17.6 Å². The Bertz CT molecular complexity index is 697. The second-order valence-electron chi connectivity index (χ2n) is 6.84. The minimum absolute atomic E-state index is 0.0253. The highest BCUT2D eigenvalue weighted by atomic mass is 32.2. The van der Waals surface area contributed by atoms with Crippen LogP contribution in [0.3, 0.4) is 0 Å². The van der Waals surface area contributed by atoms with Crippen LogP contribution < -0.4 is 0 Å². The van der Waals surface area contributed by atoms with Crippen molar-refractivity contribution < 1.29 is 17.6 Å². The predicted molar refractivity (Wildman–Crippen MR) is 81.7 cm³/mol. The van der Waals surface area contributed by atoms with Gasteiger partial charge >= 0.3 is 0 Å². The fourth-order valence-corrected chi connectivity index (χ4v) is 4.48. The van der Waals surface area contributed by atoms with Gasteiger partial charge in [-0.3, -0.25) is 4.79 Å². The first kappa shape index (κ1) is 15.5. The van der Waals surface area contributed by atoms with E-state index in [0.29, 0.717) is 0 Å². The molecule has 1 aromatic rings. The summed E-state index contributed by atoms with van der Waals surface area (Å²) >= 11 is 0. The fraction of sp³-hybridized carbons (Fsp3) is 0.562. The molecule has 1 aliphatic carbocycles. The smallest absolute Gasteiger partial charge is 0.226 e. The van der Waals surface area contributed by atoms with Gasteiger partial charge in [0, 0.05) is 19.0 Å². The average Bonchev–Trinajstić information content (AvgIpc) is 3.22. The predicted octanol–water partition coefficient (Wildman–Crippen LogP) is 1.96. The minimum Gasteiger partial charge on any atom is -0.340 e. The molecule has 0 radical (unpaired) electrons. The molecule has 3 rings (SSSR count). The maximum Gasteiger partial charge on any atom is 0.226 e. The highest BCUT2D eigenvalue weighted by molar-refractivity contribution is 7.92. The Morgan fingerprint density at radius 3 is 2.50 bits per heavy atom. The molecule has 2 aliphatic rings. The lowest BCUT2D eigenvalue weighted by molar-refractivity contribution is -0.133. The number of amides is 1. The molecule has 0 N–H and O–H groups in total. The molecule has 4 nitrogen and oxygen atoms in total.